The average Bonchev–Trinajstić information content (AvgIpc) is 2.47. The maximum Gasteiger partial charge on any atom is 0.298 e. The maximum atomic E-state index is 11.3. The highest BCUT2D eigenvalue weighted by atomic mass is 32.2. The molecule has 0 atom stereocenters. The van der Waals surface area contributed by atoms with E-state index in [1.807, 2.05) is 30.3 Å². The molecule has 0 amide bonds. The van der Waals surface area contributed by atoms with E-state index >= 15 is 0 Å². The van der Waals surface area contributed by atoms with Gasteiger partial charge in [-0.3, -0.25) is 4.55 Å². The second kappa shape index (κ2) is 5.32. The van der Waals surface area contributed by atoms with E-state index < -0.39 is 20.8 Å². The summed E-state index contributed by atoms with van der Waals surface area (Å²) in [5, 5.41) is 14.4. The highest BCUT2D eigenvalue weighted by Crippen LogP contribution is 2.37. The normalized spacial score (nSPS) is 11.5. The zero-order valence-electron chi connectivity index (χ0n) is 11.4. The largest absolute Gasteiger partial charge is 0.506 e. The molecule has 0 aliphatic rings. The lowest BCUT2D eigenvalue weighted by Crippen LogP contribution is -1.99. The molecule has 0 aliphatic heterocycles. The summed E-state index contributed by atoms with van der Waals surface area (Å²) < 4.78 is 31.9. The minimum atomic E-state index is -4.49. The third-order valence-corrected chi connectivity index (χ3v) is 4.20. The van der Waals surface area contributed by atoms with Crippen molar-refractivity contribution in [3.05, 3.63) is 60.7 Å². The molecule has 0 heterocycles. The Bertz CT molecular complexity index is 937. The van der Waals surface area contributed by atoms with Crippen molar-refractivity contribution in [1.29, 1.82) is 0 Å². The SMILES string of the molecule is O=S(=O)(O)c1ccc2cccc(Nc3ccccc3)c2c1O. The van der Waals surface area contributed by atoms with Crippen molar-refractivity contribution in [3.8, 4) is 5.75 Å². The summed E-state index contributed by atoms with van der Waals surface area (Å²) in [6.45, 7) is 0. The van der Waals surface area contributed by atoms with Gasteiger partial charge in [0.1, 0.15) is 10.6 Å². The first kappa shape index (κ1) is 14.4. The van der Waals surface area contributed by atoms with Crippen LogP contribution in [0.3, 0.4) is 0 Å². The van der Waals surface area contributed by atoms with Gasteiger partial charge in [-0.25, -0.2) is 0 Å². The number of rotatable bonds is 3. The van der Waals surface area contributed by atoms with E-state index in [0.29, 0.717) is 16.5 Å². The number of para-hydroxylation sites is 1. The van der Waals surface area contributed by atoms with Gasteiger partial charge in [0, 0.05) is 11.1 Å². The van der Waals surface area contributed by atoms with Gasteiger partial charge in [-0.1, -0.05) is 36.4 Å². The predicted molar refractivity (Wildman–Crippen MR) is 85.2 cm³/mol. The van der Waals surface area contributed by atoms with Crippen molar-refractivity contribution in [2.24, 2.45) is 0 Å². The van der Waals surface area contributed by atoms with Gasteiger partial charge in [-0.2, -0.15) is 8.42 Å². The Morgan fingerprint density at radius 1 is 0.864 bits per heavy atom. The second-order valence-electron chi connectivity index (χ2n) is 4.78. The Labute approximate surface area is 127 Å². The molecule has 3 N–H and O–H groups in total. The maximum absolute atomic E-state index is 11.3. The number of nitrogens with one attached hydrogen (secondary N) is 1. The second-order valence-corrected chi connectivity index (χ2v) is 6.17. The molecule has 0 aromatic heterocycles. The Kier molecular flexibility index (Phi) is 3.48. The van der Waals surface area contributed by atoms with Gasteiger partial charge in [-0.15, -0.1) is 0 Å². The Balaban J connectivity index is 2.23. The highest BCUT2D eigenvalue weighted by Gasteiger charge is 2.19. The number of fused-ring (bicyclic) bond motifs is 1. The summed E-state index contributed by atoms with van der Waals surface area (Å²) in [7, 11) is -4.49. The highest BCUT2D eigenvalue weighted by molar-refractivity contribution is 7.86. The van der Waals surface area contributed by atoms with Gasteiger partial charge in [0.15, 0.2) is 0 Å². The first-order chi connectivity index (χ1) is 10.5. The fourth-order valence-electron chi connectivity index (χ4n) is 2.33. The number of anilines is 2. The van der Waals surface area contributed by atoms with Gasteiger partial charge in [0.05, 0.1) is 5.69 Å². The lowest BCUT2D eigenvalue weighted by atomic mass is 10.1. The number of hydrogen-bond donors (Lipinski definition) is 3. The number of phenols is 1. The molecule has 0 bridgehead atoms. The first-order valence-corrected chi connectivity index (χ1v) is 7.95. The number of benzene rings is 3. The van der Waals surface area contributed by atoms with Crippen LogP contribution in [0.15, 0.2) is 65.6 Å². The van der Waals surface area contributed by atoms with Crippen molar-refractivity contribution < 1.29 is 18.1 Å². The lowest BCUT2D eigenvalue weighted by Gasteiger charge is -2.12. The van der Waals surface area contributed by atoms with Gasteiger partial charge in [0.2, 0.25) is 0 Å². The smallest absolute Gasteiger partial charge is 0.298 e. The van der Waals surface area contributed by atoms with Gasteiger partial charge in [0.25, 0.3) is 10.1 Å². The fraction of sp³-hybridized carbons (Fsp3) is 0. The molecule has 3 rings (SSSR count). The van der Waals surface area contributed by atoms with Crippen LogP contribution in [0, 0.1) is 0 Å². The standard InChI is InChI=1S/C16H13NO4S/c18-16-14(22(19,20)21)10-9-11-5-4-8-13(15(11)16)17-12-6-2-1-3-7-12/h1-10,17-18H,(H,19,20,21). The van der Waals surface area contributed by atoms with Crippen LogP contribution in [0.5, 0.6) is 5.75 Å². The molecule has 0 unspecified atom stereocenters. The molecule has 3 aromatic rings. The average molecular weight is 315 g/mol. The quantitative estimate of drug-likeness (QED) is 0.644. The third kappa shape index (κ3) is 2.61. The van der Waals surface area contributed by atoms with Crippen LogP contribution in [0.2, 0.25) is 0 Å². The number of aromatic hydroxyl groups is 1. The van der Waals surface area contributed by atoms with Crippen LogP contribution in [0.4, 0.5) is 11.4 Å². The monoisotopic (exact) mass is 315 g/mol. The Morgan fingerprint density at radius 2 is 1.59 bits per heavy atom. The van der Waals surface area contributed by atoms with Crippen LogP contribution in [0.25, 0.3) is 10.8 Å². The van der Waals surface area contributed by atoms with Gasteiger partial charge >= 0.3 is 0 Å². The third-order valence-electron chi connectivity index (χ3n) is 3.31. The summed E-state index contributed by atoms with van der Waals surface area (Å²) in [5.74, 6) is -0.473. The van der Waals surface area contributed by atoms with E-state index in [-0.39, 0.29) is 0 Å². The molecule has 22 heavy (non-hydrogen) atoms. The number of phenolic OH excluding ortho intramolecular Hbond substituents is 1. The van der Waals surface area contributed by atoms with Gasteiger partial charge < -0.3 is 10.4 Å². The Hall–Kier alpha value is -2.57. The molecule has 0 spiro atoms. The fourth-order valence-corrected chi connectivity index (χ4v) is 2.92. The van der Waals surface area contributed by atoms with Crippen LogP contribution < -0.4 is 5.32 Å². The number of hydrogen-bond acceptors (Lipinski definition) is 4. The molecule has 0 aliphatic carbocycles. The van der Waals surface area contributed by atoms with Crippen molar-refractivity contribution in [3.63, 3.8) is 0 Å². The Morgan fingerprint density at radius 3 is 2.27 bits per heavy atom. The predicted octanol–water partition coefficient (Wildman–Crippen LogP) is 3.54. The molecule has 3 aromatic carbocycles. The van der Waals surface area contributed by atoms with Crippen molar-refractivity contribution in [1.82, 2.24) is 0 Å². The van der Waals surface area contributed by atoms with Gasteiger partial charge in [-0.05, 0) is 29.7 Å². The van der Waals surface area contributed by atoms with Crippen molar-refractivity contribution >= 4 is 32.3 Å². The van der Waals surface area contributed by atoms with E-state index in [4.69, 9.17) is 0 Å². The molecule has 6 heteroatoms. The van der Waals surface area contributed by atoms with Crippen molar-refractivity contribution in [2.75, 3.05) is 5.32 Å². The topological polar surface area (TPSA) is 86.6 Å². The molecular formula is C16H13NO4S. The molecule has 5 nitrogen and oxygen atoms in total. The molecule has 0 saturated carbocycles. The molecule has 0 radical (unpaired) electrons. The van der Waals surface area contributed by atoms with E-state index in [1.54, 1.807) is 18.2 Å². The van der Waals surface area contributed by atoms with Crippen LogP contribution in [0.1, 0.15) is 0 Å². The summed E-state index contributed by atoms with van der Waals surface area (Å²) in [6.07, 6.45) is 0. The summed E-state index contributed by atoms with van der Waals surface area (Å²) in [6, 6.07) is 17.3. The lowest BCUT2D eigenvalue weighted by molar-refractivity contribution is 0.448. The minimum absolute atomic E-state index is 0.335. The van der Waals surface area contributed by atoms with E-state index in [9.17, 15) is 18.1 Å². The first-order valence-electron chi connectivity index (χ1n) is 6.51. The van der Waals surface area contributed by atoms with Crippen LogP contribution >= 0.6 is 0 Å². The molecule has 0 saturated heterocycles. The summed E-state index contributed by atoms with van der Waals surface area (Å²) in [5.41, 5.74) is 1.35. The summed E-state index contributed by atoms with van der Waals surface area (Å²) >= 11 is 0. The van der Waals surface area contributed by atoms with Crippen molar-refractivity contribution in [2.45, 2.75) is 4.90 Å². The molecular weight excluding hydrogens is 302 g/mol. The van der Waals surface area contributed by atoms with Crippen LogP contribution in [-0.4, -0.2) is 18.1 Å². The zero-order chi connectivity index (χ0) is 15.7. The zero-order valence-corrected chi connectivity index (χ0v) is 12.2. The van der Waals surface area contributed by atoms with E-state index in [1.165, 1.54) is 12.1 Å². The van der Waals surface area contributed by atoms with E-state index in [0.717, 1.165) is 5.69 Å². The van der Waals surface area contributed by atoms with Crippen LogP contribution in [-0.2, 0) is 10.1 Å². The molecule has 112 valence electrons. The minimum Gasteiger partial charge on any atom is -0.506 e. The molecule has 0 fully saturated rings. The van der Waals surface area contributed by atoms with E-state index in [2.05, 4.69) is 5.32 Å². The summed E-state index contributed by atoms with van der Waals surface area (Å²) in [4.78, 5) is -0.512.